The van der Waals surface area contributed by atoms with Crippen LogP contribution >= 0.6 is 11.6 Å². The van der Waals surface area contributed by atoms with E-state index in [1.807, 2.05) is 35.6 Å². The highest BCUT2D eigenvalue weighted by Gasteiger charge is 2.04. The Kier molecular flexibility index (Phi) is 4.14. The molecule has 0 radical (unpaired) electrons. The van der Waals surface area contributed by atoms with E-state index in [2.05, 4.69) is 11.5 Å². The number of rotatable bonds is 0. The predicted octanol–water partition coefficient (Wildman–Crippen LogP) is -0.658. The second-order valence-electron chi connectivity index (χ2n) is 2.24. The molecule has 12 heavy (non-hydrogen) atoms. The van der Waals surface area contributed by atoms with Crippen molar-refractivity contribution in [1.82, 2.24) is 4.57 Å². The van der Waals surface area contributed by atoms with Gasteiger partial charge in [-0.15, -0.1) is 0 Å². The highest BCUT2D eigenvalue weighted by Crippen LogP contribution is 1.96. The summed E-state index contributed by atoms with van der Waals surface area (Å²) in [4.78, 5) is 0. The van der Waals surface area contributed by atoms with Crippen molar-refractivity contribution in [3.8, 4) is 0 Å². The fourth-order valence-corrected chi connectivity index (χ4v) is 0.685. The number of nitrogens with zero attached hydrogens (tertiary/aromatic N) is 2. The van der Waals surface area contributed by atoms with E-state index in [-0.39, 0.29) is 5.96 Å². The summed E-state index contributed by atoms with van der Waals surface area (Å²) in [5.74, 6) is -0.333. The topological polar surface area (TPSA) is 84.7 Å². The summed E-state index contributed by atoms with van der Waals surface area (Å²) in [6, 6.07) is 0. The molecule has 0 aliphatic carbocycles. The first kappa shape index (κ1) is 10.8. The molecule has 1 heterocycles. The maximum atomic E-state index is 6.06. The van der Waals surface area contributed by atoms with E-state index in [0.29, 0.717) is 0 Å². The van der Waals surface area contributed by atoms with Crippen molar-refractivity contribution in [3.63, 3.8) is 0 Å². The summed E-state index contributed by atoms with van der Waals surface area (Å²) in [6.07, 6.45) is 3.81. The first-order valence-electron chi connectivity index (χ1n) is 3.21. The molecule has 0 saturated heterocycles. The Morgan fingerprint density at radius 3 is 2.17 bits per heavy atom. The van der Waals surface area contributed by atoms with E-state index in [0.717, 1.165) is 5.28 Å². The molecule has 6 heteroatoms. The van der Waals surface area contributed by atoms with E-state index in [9.17, 15) is 0 Å². The number of nitrogens with one attached hydrogen (secondary N) is 1. The summed E-state index contributed by atoms with van der Waals surface area (Å²) in [5.41, 5.74) is 8.94. The molecule has 0 fully saturated rings. The van der Waals surface area contributed by atoms with Gasteiger partial charge in [-0.05, 0) is 0 Å². The van der Waals surface area contributed by atoms with Gasteiger partial charge in [0, 0.05) is 11.6 Å². The monoisotopic (exact) mass is 190 g/mol. The highest BCUT2D eigenvalue weighted by molar-refractivity contribution is 6.27. The van der Waals surface area contributed by atoms with Crippen molar-refractivity contribution in [2.75, 3.05) is 0 Å². The van der Waals surface area contributed by atoms with Crippen molar-refractivity contribution in [1.29, 1.82) is 5.41 Å². The molecule has 0 aliphatic rings. The molecule has 5 nitrogen and oxygen atoms in total. The standard InChI is InChI=1S/C5H8ClN2.CH5N3/c1-7-3-4-8(2)5(7)6;2-1(3)4/h3-4H,1-2H3;(H5,2,3,4)/q+1;. The first-order chi connectivity index (χ1) is 5.45. The van der Waals surface area contributed by atoms with Crippen molar-refractivity contribution in [2.45, 2.75) is 0 Å². The van der Waals surface area contributed by atoms with Gasteiger partial charge in [0.1, 0.15) is 12.4 Å². The summed E-state index contributed by atoms with van der Waals surface area (Å²) in [6.45, 7) is 0. The Labute approximate surface area is 76.0 Å². The molecule has 0 unspecified atom stereocenters. The number of hydrogen-bond donors (Lipinski definition) is 3. The molecule has 0 amide bonds. The summed E-state index contributed by atoms with van der Waals surface area (Å²) in [5, 5.41) is 6.80. The van der Waals surface area contributed by atoms with Crippen molar-refractivity contribution in [2.24, 2.45) is 25.6 Å². The van der Waals surface area contributed by atoms with Crippen LogP contribution in [0.2, 0.25) is 5.28 Å². The number of guanidine groups is 1. The molecule has 5 N–H and O–H groups in total. The van der Waals surface area contributed by atoms with Crippen LogP contribution in [0.25, 0.3) is 0 Å². The third-order valence-electron chi connectivity index (χ3n) is 1.10. The van der Waals surface area contributed by atoms with Crippen molar-refractivity contribution in [3.05, 3.63) is 17.7 Å². The molecular weight excluding hydrogens is 178 g/mol. The third-order valence-corrected chi connectivity index (χ3v) is 1.63. The predicted molar refractivity (Wildman–Crippen MR) is 47.7 cm³/mol. The molecule has 0 aromatic carbocycles. The van der Waals surface area contributed by atoms with Crippen LogP contribution in [0.15, 0.2) is 12.4 Å². The van der Waals surface area contributed by atoms with E-state index in [1.165, 1.54) is 0 Å². The zero-order valence-electron chi connectivity index (χ0n) is 7.08. The lowest BCUT2D eigenvalue weighted by molar-refractivity contribution is -0.668. The molecule has 0 aliphatic heterocycles. The van der Waals surface area contributed by atoms with Crippen LogP contribution in [0.5, 0.6) is 0 Å². The van der Waals surface area contributed by atoms with Crippen LogP contribution in [-0.2, 0) is 14.1 Å². The van der Waals surface area contributed by atoms with E-state index in [1.54, 1.807) is 0 Å². The molecule has 1 rings (SSSR count). The van der Waals surface area contributed by atoms with Gasteiger partial charge < -0.3 is 11.5 Å². The van der Waals surface area contributed by atoms with Gasteiger partial charge in [-0.2, -0.15) is 0 Å². The second-order valence-corrected chi connectivity index (χ2v) is 2.58. The average Bonchev–Trinajstić information content (AvgIpc) is 2.19. The van der Waals surface area contributed by atoms with Gasteiger partial charge in [-0.25, -0.2) is 9.13 Å². The van der Waals surface area contributed by atoms with Crippen LogP contribution in [0, 0.1) is 5.41 Å². The summed E-state index contributed by atoms with van der Waals surface area (Å²) in [7, 11) is 3.81. The quantitative estimate of drug-likeness (QED) is 0.288. The normalized spacial score (nSPS) is 8.58. The van der Waals surface area contributed by atoms with Gasteiger partial charge in [0.2, 0.25) is 0 Å². The molecule has 1 aromatic rings. The Balaban J connectivity index is 0.000000261. The Morgan fingerprint density at radius 1 is 1.67 bits per heavy atom. The van der Waals surface area contributed by atoms with Crippen LogP contribution in [0.3, 0.4) is 0 Å². The smallest absolute Gasteiger partial charge is 0.354 e. The van der Waals surface area contributed by atoms with Gasteiger partial charge >= 0.3 is 5.28 Å². The van der Waals surface area contributed by atoms with Gasteiger partial charge in [-0.1, -0.05) is 0 Å². The molecule has 0 spiro atoms. The number of aryl methyl sites for hydroxylation is 2. The van der Waals surface area contributed by atoms with Crippen LogP contribution < -0.4 is 16.0 Å². The van der Waals surface area contributed by atoms with Crippen molar-refractivity contribution < 1.29 is 4.57 Å². The van der Waals surface area contributed by atoms with Gasteiger partial charge in [-0.3, -0.25) is 5.41 Å². The summed E-state index contributed by atoms with van der Waals surface area (Å²) >= 11 is 5.72. The number of aromatic nitrogens is 2. The minimum Gasteiger partial charge on any atom is -0.370 e. The summed E-state index contributed by atoms with van der Waals surface area (Å²) < 4.78 is 3.70. The van der Waals surface area contributed by atoms with Crippen molar-refractivity contribution >= 4 is 17.6 Å². The minimum atomic E-state index is -0.333. The molecule has 1 aromatic heterocycles. The largest absolute Gasteiger partial charge is 0.370 e. The number of nitrogens with two attached hydrogens (primary N) is 2. The molecule has 0 atom stereocenters. The van der Waals surface area contributed by atoms with Crippen LogP contribution in [0.4, 0.5) is 0 Å². The maximum absolute atomic E-state index is 6.06. The Bertz CT molecular complexity index is 243. The van der Waals surface area contributed by atoms with Crippen LogP contribution in [-0.4, -0.2) is 10.5 Å². The molecule has 0 saturated carbocycles. The van der Waals surface area contributed by atoms with Gasteiger partial charge in [0.25, 0.3) is 0 Å². The fourth-order valence-electron chi connectivity index (χ4n) is 0.572. The zero-order valence-corrected chi connectivity index (χ0v) is 7.84. The highest BCUT2D eigenvalue weighted by atomic mass is 35.5. The molecular formula is C6H13ClN5+. The van der Waals surface area contributed by atoms with E-state index in [4.69, 9.17) is 17.0 Å². The fraction of sp³-hybridized carbons (Fsp3) is 0.333. The Morgan fingerprint density at radius 2 is 2.08 bits per heavy atom. The van der Waals surface area contributed by atoms with Crippen LogP contribution in [0.1, 0.15) is 0 Å². The zero-order chi connectivity index (χ0) is 9.72. The lowest BCUT2D eigenvalue weighted by Crippen LogP contribution is -2.26. The van der Waals surface area contributed by atoms with E-state index < -0.39 is 0 Å². The van der Waals surface area contributed by atoms with E-state index >= 15 is 0 Å². The first-order valence-corrected chi connectivity index (χ1v) is 3.59. The second kappa shape index (κ2) is 4.61. The average molecular weight is 191 g/mol. The minimum absolute atomic E-state index is 0.333. The third kappa shape index (κ3) is 3.82. The molecule has 68 valence electrons. The molecule has 0 bridgehead atoms. The van der Waals surface area contributed by atoms with Gasteiger partial charge in [0.05, 0.1) is 14.1 Å². The van der Waals surface area contributed by atoms with Gasteiger partial charge in [0.15, 0.2) is 5.96 Å². The number of hydrogen-bond acceptors (Lipinski definition) is 1. The maximum Gasteiger partial charge on any atom is 0.354 e. The lowest BCUT2D eigenvalue weighted by atomic mass is 10.9. The number of imidazole rings is 1. The number of halogens is 1. The Hall–Kier alpha value is -1.23. The lowest BCUT2D eigenvalue weighted by Gasteiger charge is -1.81. The SMILES string of the molecule is Cn1cc[n+](C)c1Cl.N=C(N)N.